The Hall–Kier alpha value is -2.70. The highest BCUT2D eigenvalue weighted by molar-refractivity contribution is 5.91. The molecule has 0 aliphatic heterocycles. The van der Waals surface area contributed by atoms with Crippen LogP contribution >= 0.6 is 0 Å². The lowest BCUT2D eigenvalue weighted by Crippen LogP contribution is -2.23. The minimum atomic E-state index is -1.04. The number of aromatic nitrogens is 3. The first-order valence-corrected chi connectivity index (χ1v) is 5.59. The summed E-state index contributed by atoms with van der Waals surface area (Å²) in [6.45, 7) is 0.0599. The van der Waals surface area contributed by atoms with Crippen LogP contribution in [0.2, 0.25) is 0 Å². The van der Waals surface area contributed by atoms with Gasteiger partial charge in [0, 0.05) is 6.54 Å². The first-order chi connectivity index (χ1) is 9.15. The number of carbonyl (C=O) groups is 2. The van der Waals surface area contributed by atoms with Gasteiger partial charge in [-0.2, -0.15) is 0 Å². The van der Waals surface area contributed by atoms with Crippen molar-refractivity contribution < 1.29 is 14.7 Å². The van der Waals surface area contributed by atoms with Gasteiger partial charge in [0.1, 0.15) is 6.54 Å². The second-order valence-corrected chi connectivity index (χ2v) is 3.86. The monoisotopic (exact) mass is 260 g/mol. The predicted molar refractivity (Wildman–Crippen MR) is 65.3 cm³/mol. The van der Waals surface area contributed by atoms with Gasteiger partial charge in [0.15, 0.2) is 5.69 Å². The Bertz CT molecular complexity index is 580. The second kappa shape index (κ2) is 5.76. The van der Waals surface area contributed by atoms with E-state index in [1.807, 2.05) is 30.3 Å². The van der Waals surface area contributed by atoms with Gasteiger partial charge in [-0.3, -0.25) is 9.59 Å². The van der Waals surface area contributed by atoms with Gasteiger partial charge in [-0.25, -0.2) is 4.68 Å². The minimum Gasteiger partial charge on any atom is -0.480 e. The van der Waals surface area contributed by atoms with Gasteiger partial charge < -0.3 is 10.4 Å². The number of aliphatic carboxylic acids is 1. The molecule has 0 saturated carbocycles. The highest BCUT2D eigenvalue weighted by atomic mass is 16.4. The third-order valence-corrected chi connectivity index (χ3v) is 2.36. The molecule has 0 saturated heterocycles. The molecule has 0 atom stereocenters. The Labute approximate surface area is 108 Å². The van der Waals surface area contributed by atoms with Crippen LogP contribution in [-0.4, -0.2) is 32.0 Å². The molecule has 19 heavy (non-hydrogen) atoms. The molecule has 0 aliphatic carbocycles. The van der Waals surface area contributed by atoms with E-state index in [4.69, 9.17) is 5.11 Å². The van der Waals surface area contributed by atoms with E-state index in [1.165, 1.54) is 6.20 Å². The summed E-state index contributed by atoms with van der Waals surface area (Å²) in [5, 5.41) is 18.4. The molecule has 7 heteroatoms. The standard InChI is InChI=1S/C12H12N4O3/c17-11(18)8-16-7-10(14-15-16)12(19)13-6-9-4-2-1-3-5-9/h1-5,7H,6,8H2,(H,13,19)(H,17,18). The summed E-state index contributed by atoms with van der Waals surface area (Å²) in [6, 6.07) is 9.43. The first-order valence-electron chi connectivity index (χ1n) is 5.59. The zero-order valence-electron chi connectivity index (χ0n) is 9.98. The normalized spacial score (nSPS) is 10.1. The van der Waals surface area contributed by atoms with Gasteiger partial charge in [0.2, 0.25) is 0 Å². The van der Waals surface area contributed by atoms with Crippen LogP contribution in [-0.2, 0) is 17.9 Å². The Morgan fingerprint density at radius 3 is 2.68 bits per heavy atom. The van der Waals surface area contributed by atoms with Crippen LogP contribution in [0, 0.1) is 0 Å². The largest absolute Gasteiger partial charge is 0.480 e. The second-order valence-electron chi connectivity index (χ2n) is 3.86. The lowest BCUT2D eigenvalue weighted by molar-refractivity contribution is -0.137. The van der Waals surface area contributed by atoms with Crippen molar-refractivity contribution in [1.29, 1.82) is 0 Å². The molecule has 1 aromatic carbocycles. The number of carboxylic acid groups (broad SMARTS) is 1. The number of hydrogen-bond acceptors (Lipinski definition) is 4. The van der Waals surface area contributed by atoms with Crippen LogP contribution in [0.5, 0.6) is 0 Å². The van der Waals surface area contributed by atoms with Crippen molar-refractivity contribution >= 4 is 11.9 Å². The minimum absolute atomic E-state index is 0.0946. The Morgan fingerprint density at radius 1 is 1.26 bits per heavy atom. The number of rotatable bonds is 5. The molecule has 0 bridgehead atoms. The van der Waals surface area contributed by atoms with Crippen molar-refractivity contribution in [3.05, 3.63) is 47.8 Å². The predicted octanol–water partition coefficient (Wildman–Crippen LogP) is 0.293. The van der Waals surface area contributed by atoms with Crippen molar-refractivity contribution in [2.75, 3.05) is 0 Å². The molecule has 1 aromatic heterocycles. The number of carbonyl (C=O) groups excluding carboxylic acids is 1. The molecule has 2 rings (SSSR count). The maximum Gasteiger partial charge on any atom is 0.325 e. The molecular weight excluding hydrogens is 248 g/mol. The van der Waals surface area contributed by atoms with Gasteiger partial charge in [-0.05, 0) is 5.56 Å². The molecule has 0 radical (unpaired) electrons. The quantitative estimate of drug-likeness (QED) is 0.805. The third-order valence-electron chi connectivity index (χ3n) is 2.36. The summed E-state index contributed by atoms with van der Waals surface area (Å²) in [6.07, 6.45) is 1.30. The Morgan fingerprint density at radius 2 is 2.00 bits per heavy atom. The zero-order chi connectivity index (χ0) is 13.7. The van der Waals surface area contributed by atoms with Crippen molar-refractivity contribution in [3.8, 4) is 0 Å². The lowest BCUT2D eigenvalue weighted by Gasteiger charge is -2.02. The molecule has 2 N–H and O–H groups in total. The van der Waals surface area contributed by atoms with E-state index in [2.05, 4.69) is 15.6 Å². The van der Waals surface area contributed by atoms with Gasteiger partial charge >= 0.3 is 5.97 Å². The topological polar surface area (TPSA) is 97.1 Å². The summed E-state index contributed by atoms with van der Waals surface area (Å²) in [5.74, 6) is -1.43. The summed E-state index contributed by atoms with van der Waals surface area (Å²) >= 11 is 0. The van der Waals surface area contributed by atoms with Crippen LogP contribution in [0.1, 0.15) is 16.1 Å². The molecule has 98 valence electrons. The van der Waals surface area contributed by atoms with E-state index in [-0.39, 0.29) is 18.1 Å². The van der Waals surface area contributed by atoms with Crippen molar-refractivity contribution in [2.24, 2.45) is 0 Å². The molecule has 1 amide bonds. The average molecular weight is 260 g/mol. The number of nitrogens with one attached hydrogen (secondary N) is 1. The van der Waals surface area contributed by atoms with Crippen molar-refractivity contribution in [3.63, 3.8) is 0 Å². The highest BCUT2D eigenvalue weighted by Crippen LogP contribution is 1.99. The fraction of sp³-hybridized carbons (Fsp3) is 0.167. The number of hydrogen-bond donors (Lipinski definition) is 2. The fourth-order valence-electron chi connectivity index (χ4n) is 1.49. The van der Waals surface area contributed by atoms with Crippen LogP contribution in [0.3, 0.4) is 0 Å². The van der Waals surface area contributed by atoms with E-state index in [0.717, 1.165) is 10.2 Å². The smallest absolute Gasteiger partial charge is 0.325 e. The fourth-order valence-corrected chi connectivity index (χ4v) is 1.49. The van der Waals surface area contributed by atoms with Crippen LogP contribution in [0.25, 0.3) is 0 Å². The van der Waals surface area contributed by atoms with Crippen molar-refractivity contribution in [2.45, 2.75) is 13.1 Å². The van der Waals surface area contributed by atoms with E-state index in [9.17, 15) is 9.59 Å². The molecule has 0 aliphatic rings. The van der Waals surface area contributed by atoms with Crippen LogP contribution in [0.15, 0.2) is 36.5 Å². The van der Waals surface area contributed by atoms with E-state index in [0.29, 0.717) is 6.54 Å². The van der Waals surface area contributed by atoms with Gasteiger partial charge in [0.25, 0.3) is 5.91 Å². The summed E-state index contributed by atoms with van der Waals surface area (Å²) in [4.78, 5) is 22.2. The number of carboxylic acids is 1. The van der Waals surface area contributed by atoms with Crippen molar-refractivity contribution in [1.82, 2.24) is 20.3 Å². The highest BCUT2D eigenvalue weighted by Gasteiger charge is 2.11. The molecular formula is C12H12N4O3. The molecule has 0 fully saturated rings. The molecule has 0 unspecified atom stereocenters. The van der Waals surface area contributed by atoms with Gasteiger partial charge in [0.05, 0.1) is 6.20 Å². The molecule has 0 spiro atoms. The van der Waals surface area contributed by atoms with E-state index >= 15 is 0 Å². The molecule has 7 nitrogen and oxygen atoms in total. The lowest BCUT2D eigenvalue weighted by atomic mass is 10.2. The average Bonchev–Trinajstić information content (AvgIpc) is 2.85. The third kappa shape index (κ3) is 3.63. The van der Waals surface area contributed by atoms with E-state index in [1.54, 1.807) is 0 Å². The zero-order valence-corrected chi connectivity index (χ0v) is 9.98. The maximum atomic E-state index is 11.7. The van der Waals surface area contributed by atoms with Gasteiger partial charge in [-0.15, -0.1) is 5.10 Å². The van der Waals surface area contributed by atoms with Crippen LogP contribution in [0.4, 0.5) is 0 Å². The Balaban J connectivity index is 1.93. The number of nitrogens with zero attached hydrogens (tertiary/aromatic N) is 3. The summed E-state index contributed by atoms with van der Waals surface area (Å²) in [7, 11) is 0. The van der Waals surface area contributed by atoms with Gasteiger partial charge in [-0.1, -0.05) is 35.5 Å². The molecule has 2 aromatic rings. The van der Waals surface area contributed by atoms with E-state index < -0.39 is 5.97 Å². The number of amides is 1. The van der Waals surface area contributed by atoms with Crippen LogP contribution < -0.4 is 5.32 Å². The maximum absolute atomic E-state index is 11.7. The first kappa shape index (κ1) is 12.7. The summed E-state index contributed by atoms with van der Waals surface area (Å²) in [5.41, 5.74) is 1.06. The summed E-state index contributed by atoms with van der Waals surface area (Å²) < 4.78 is 1.10. The SMILES string of the molecule is O=C(O)Cn1cc(C(=O)NCc2ccccc2)nn1. The Kier molecular flexibility index (Phi) is 3.87. The number of benzene rings is 1. The molecule has 1 heterocycles.